The van der Waals surface area contributed by atoms with E-state index >= 15 is 0 Å². The molecule has 0 spiro atoms. The maximum absolute atomic E-state index is 12.6. The highest BCUT2D eigenvalue weighted by Gasteiger charge is 2.23. The summed E-state index contributed by atoms with van der Waals surface area (Å²) in [6, 6.07) is 17.9. The van der Waals surface area contributed by atoms with E-state index in [-0.39, 0.29) is 13.0 Å². The quantitative estimate of drug-likeness (QED) is 0.497. The predicted octanol–water partition coefficient (Wildman–Crippen LogP) is 3.39. The fraction of sp³-hybridized carbons (Fsp3) is 0.292. The molecule has 8 heteroatoms. The molecular weight excluding hydrogens is 424 g/mol. The van der Waals surface area contributed by atoms with Crippen LogP contribution in [0.25, 0.3) is 33.1 Å². The van der Waals surface area contributed by atoms with Gasteiger partial charge in [0, 0.05) is 49.1 Å². The Kier molecular flexibility index (Phi) is 5.94. The van der Waals surface area contributed by atoms with E-state index in [1.165, 1.54) is 16.1 Å². The highest BCUT2D eigenvalue weighted by Crippen LogP contribution is 2.25. The summed E-state index contributed by atoms with van der Waals surface area (Å²) in [5.41, 5.74) is 4.26. The standard InChI is InChI=1S/C23H24N4O3S.CH4/c1-31(29,30)27-10-8-26(9-11-27)15-16-6-7-21-18(12-16)14-22(24-21)19-13-17-4-2-3-5-20(17)25-23(19)28;/h2-7,12-14,24H,8-11,15H2,1H3,(H,25,28);1H4. The van der Waals surface area contributed by atoms with E-state index in [4.69, 9.17) is 0 Å². The first kappa shape index (κ1) is 22.3. The molecule has 32 heavy (non-hydrogen) atoms. The van der Waals surface area contributed by atoms with Crippen LogP contribution in [-0.2, 0) is 16.6 Å². The van der Waals surface area contributed by atoms with Crippen molar-refractivity contribution < 1.29 is 8.42 Å². The Balaban J connectivity index is 0.00000245. The Labute approximate surface area is 187 Å². The van der Waals surface area contributed by atoms with Crippen molar-refractivity contribution in [2.45, 2.75) is 14.0 Å². The number of piperazine rings is 1. The molecule has 1 fully saturated rings. The van der Waals surface area contributed by atoms with Gasteiger partial charge in [0.1, 0.15) is 0 Å². The summed E-state index contributed by atoms with van der Waals surface area (Å²) >= 11 is 0. The molecule has 0 radical (unpaired) electrons. The Hall–Kier alpha value is -2.94. The van der Waals surface area contributed by atoms with E-state index in [1.807, 2.05) is 42.5 Å². The Bertz CT molecular complexity index is 1430. The van der Waals surface area contributed by atoms with Crippen LogP contribution in [0.2, 0.25) is 0 Å². The molecular formula is C24H28N4O3S. The predicted molar refractivity (Wildman–Crippen MR) is 130 cm³/mol. The summed E-state index contributed by atoms with van der Waals surface area (Å²) in [6.07, 6.45) is 1.26. The van der Waals surface area contributed by atoms with E-state index in [0.717, 1.165) is 47.1 Å². The third-order valence-corrected chi connectivity index (χ3v) is 7.24. The normalized spacial score (nSPS) is 15.8. The number of aromatic nitrogens is 2. The minimum absolute atomic E-state index is 0. The van der Waals surface area contributed by atoms with Crippen LogP contribution in [0, 0.1) is 0 Å². The maximum Gasteiger partial charge on any atom is 0.257 e. The number of pyridine rings is 1. The van der Waals surface area contributed by atoms with Crippen molar-refractivity contribution in [3.8, 4) is 11.3 Å². The van der Waals surface area contributed by atoms with Crippen LogP contribution in [0.1, 0.15) is 13.0 Å². The van der Waals surface area contributed by atoms with Crippen molar-refractivity contribution in [3.05, 3.63) is 70.5 Å². The Morgan fingerprint density at radius 2 is 1.59 bits per heavy atom. The molecule has 2 aromatic carbocycles. The molecule has 0 aliphatic carbocycles. The van der Waals surface area contributed by atoms with Crippen molar-refractivity contribution in [1.82, 2.24) is 19.2 Å². The van der Waals surface area contributed by atoms with Crippen molar-refractivity contribution in [2.75, 3.05) is 32.4 Å². The summed E-state index contributed by atoms with van der Waals surface area (Å²) in [5.74, 6) is 0. The average Bonchev–Trinajstić information content (AvgIpc) is 3.16. The minimum Gasteiger partial charge on any atom is -0.354 e. The van der Waals surface area contributed by atoms with Gasteiger partial charge >= 0.3 is 0 Å². The van der Waals surface area contributed by atoms with Crippen molar-refractivity contribution in [2.24, 2.45) is 0 Å². The molecule has 0 amide bonds. The molecule has 2 aromatic heterocycles. The number of aromatic amines is 2. The van der Waals surface area contributed by atoms with Crippen LogP contribution < -0.4 is 5.56 Å². The number of rotatable bonds is 4. The molecule has 0 saturated carbocycles. The second-order valence-electron chi connectivity index (χ2n) is 8.14. The summed E-state index contributed by atoms with van der Waals surface area (Å²) < 4.78 is 24.9. The zero-order chi connectivity index (χ0) is 21.6. The molecule has 1 aliphatic heterocycles. The zero-order valence-electron chi connectivity index (χ0n) is 17.3. The Morgan fingerprint density at radius 3 is 2.34 bits per heavy atom. The largest absolute Gasteiger partial charge is 0.354 e. The van der Waals surface area contributed by atoms with E-state index in [1.54, 1.807) is 0 Å². The first-order valence-corrected chi connectivity index (χ1v) is 12.1. The molecule has 5 rings (SSSR count). The molecule has 0 atom stereocenters. The molecule has 0 bridgehead atoms. The van der Waals surface area contributed by atoms with Crippen LogP contribution in [0.3, 0.4) is 0 Å². The SMILES string of the molecule is C.CS(=O)(=O)N1CCN(Cc2ccc3[nH]c(-c4cc5ccccc5[nH]c4=O)cc3c2)CC1. The Morgan fingerprint density at radius 1 is 0.875 bits per heavy atom. The molecule has 168 valence electrons. The van der Waals surface area contributed by atoms with Crippen molar-refractivity contribution in [3.63, 3.8) is 0 Å². The van der Waals surface area contributed by atoms with Crippen molar-refractivity contribution >= 4 is 31.8 Å². The molecule has 1 saturated heterocycles. The number of hydrogen-bond donors (Lipinski definition) is 2. The second kappa shape index (κ2) is 8.54. The minimum atomic E-state index is -3.12. The second-order valence-corrected chi connectivity index (χ2v) is 10.1. The van der Waals surface area contributed by atoms with Gasteiger partial charge < -0.3 is 9.97 Å². The number of para-hydroxylation sites is 1. The van der Waals surface area contributed by atoms with E-state index in [9.17, 15) is 13.2 Å². The number of nitrogens with zero attached hydrogens (tertiary/aromatic N) is 2. The highest BCUT2D eigenvalue weighted by atomic mass is 32.2. The maximum atomic E-state index is 12.6. The number of H-pyrrole nitrogens is 2. The average molecular weight is 453 g/mol. The van der Waals surface area contributed by atoms with E-state index in [2.05, 4.69) is 27.0 Å². The fourth-order valence-corrected chi connectivity index (χ4v) is 5.08. The van der Waals surface area contributed by atoms with Crippen LogP contribution in [0.15, 0.2) is 59.4 Å². The number of benzene rings is 2. The monoisotopic (exact) mass is 452 g/mol. The van der Waals surface area contributed by atoms with Crippen LogP contribution in [-0.4, -0.2) is 60.0 Å². The summed E-state index contributed by atoms with van der Waals surface area (Å²) in [4.78, 5) is 21.2. The molecule has 0 unspecified atom stereocenters. The van der Waals surface area contributed by atoms with Gasteiger partial charge in [-0.1, -0.05) is 31.7 Å². The lowest BCUT2D eigenvalue weighted by atomic mass is 10.1. The van der Waals surface area contributed by atoms with Gasteiger partial charge in [-0.05, 0) is 41.3 Å². The summed E-state index contributed by atoms with van der Waals surface area (Å²) in [6.45, 7) is 3.26. The van der Waals surface area contributed by atoms with Gasteiger partial charge in [-0.2, -0.15) is 4.31 Å². The molecule has 7 nitrogen and oxygen atoms in total. The fourth-order valence-electron chi connectivity index (χ4n) is 4.25. The van der Waals surface area contributed by atoms with Gasteiger partial charge in [0.05, 0.1) is 17.5 Å². The van der Waals surface area contributed by atoms with Gasteiger partial charge in [-0.3, -0.25) is 9.69 Å². The van der Waals surface area contributed by atoms with Gasteiger partial charge in [-0.15, -0.1) is 0 Å². The van der Waals surface area contributed by atoms with Crippen LogP contribution in [0.4, 0.5) is 0 Å². The number of sulfonamides is 1. The molecule has 1 aliphatic rings. The smallest absolute Gasteiger partial charge is 0.257 e. The lowest BCUT2D eigenvalue weighted by molar-refractivity contribution is 0.182. The first-order chi connectivity index (χ1) is 14.9. The van der Waals surface area contributed by atoms with Gasteiger partial charge in [0.2, 0.25) is 10.0 Å². The molecule has 4 aromatic rings. The van der Waals surface area contributed by atoms with Crippen LogP contribution >= 0.6 is 0 Å². The number of nitrogens with one attached hydrogen (secondary N) is 2. The van der Waals surface area contributed by atoms with Crippen molar-refractivity contribution in [1.29, 1.82) is 0 Å². The third-order valence-electron chi connectivity index (χ3n) is 5.94. The topological polar surface area (TPSA) is 89.3 Å². The summed E-state index contributed by atoms with van der Waals surface area (Å²) in [7, 11) is -3.12. The van der Waals surface area contributed by atoms with Gasteiger partial charge in [0.25, 0.3) is 5.56 Å². The lowest BCUT2D eigenvalue weighted by Crippen LogP contribution is -2.47. The lowest BCUT2D eigenvalue weighted by Gasteiger charge is -2.33. The molecule has 2 N–H and O–H groups in total. The third kappa shape index (κ3) is 4.34. The van der Waals surface area contributed by atoms with Gasteiger partial charge in [0.15, 0.2) is 0 Å². The summed E-state index contributed by atoms with van der Waals surface area (Å²) in [5, 5.41) is 2.04. The van der Waals surface area contributed by atoms with Gasteiger partial charge in [-0.25, -0.2) is 8.42 Å². The number of hydrogen-bond acceptors (Lipinski definition) is 4. The zero-order valence-corrected chi connectivity index (χ0v) is 18.1. The first-order valence-electron chi connectivity index (χ1n) is 10.3. The van der Waals surface area contributed by atoms with E-state index < -0.39 is 10.0 Å². The highest BCUT2D eigenvalue weighted by molar-refractivity contribution is 7.88. The molecule has 3 heterocycles. The van der Waals surface area contributed by atoms with Crippen LogP contribution in [0.5, 0.6) is 0 Å². The van der Waals surface area contributed by atoms with E-state index in [0.29, 0.717) is 18.7 Å². The number of fused-ring (bicyclic) bond motifs is 2.